The van der Waals surface area contributed by atoms with E-state index in [1.165, 1.54) is 6.20 Å². The quantitative estimate of drug-likeness (QED) is 0.477. The number of ether oxygens (including phenoxy) is 2. The highest BCUT2D eigenvalue weighted by atomic mass is 19.4. The van der Waals surface area contributed by atoms with Crippen molar-refractivity contribution in [3.05, 3.63) is 47.5 Å². The van der Waals surface area contributed by atoms with E-state index in [4.69, 9.17) is 9.47 Å². The number of amides is 1. The second-order valence-corrected chi connectivity index (χ2v) is 7.26. The maximum atomic E-state index is 12.3. The molecule has 3 heterocycles. The fraction of sp³-hybridized carbons (Fsp3) is 0.429. The number of carbonyl (C=O) groups is 1. The molecule has 0 saturated carbocycles. The lowest BCUT2D eigenvalue weighted by molar-refractivity contribution is -0.154. The van der Waals surface area contributed by atoms with Crippen molar-refractivity contribution in [2.24, 2.45) is 0 Å². The molecule has 0 saturated heterocycles. The molecular weight excluding hydrogens is 427 g/mol. The van der Waals surface area contributed by atoms with E-state index < -0.39 is 12.8 Å². The van der Waals surface area contributed by atoms with Crippen LogP contribution in [-0.2, 0) is 22.5 Å². The fourth-order valence-electron chi connectivity index (χ4n) is 3.13. The predicted octanol–water partition coefficient (Wildman–Crippen LogP) is 2.82. The minimum absolute atomic E-state index is 0.0558. The number of methoxy groups -OCH3 is 1. The Morgan fingerprint density at radius 2 is 2.09 bits per heavy atom. The van der Waals surface area contributed by atoms with E-state index in [0.717, 1.165) is 17.4 Å². The summed E-state index contributed by atoms with van der Waals surface area (Å²) in [5.74, 6) is -0.192. The van der Waals surface area contributed by atoms with Crippen LogP contribution in [0.2, 0.25) is 0 Å². The molecule has 0 aliphatic heterocycles. The van der Waals surface area contributed by atoms with Crippen LogP contribution in [0.15, 0.2) is 30.7 Å². The number of hydrogen-bond donors (Lipinski definition) is 1. The number of hydrogen-bond acceptors (Lipinski definition) is 6. The van der Waals surface area contributed by atoms with Crippen molar-refractivity contribution in [2.75, 3.05) is 26.9 Å². The maximum Gasteiger partial charge on any atom is 0.422 e. The summed E-state index contributed by atoms with van der Waals surface area (Å²) in [5.41, 5.74) is 2.55. The monoisotopic (exact) mass is 451 g/mol. The highest BCUT2D eigenvalue weighted by molar-refractivity contribution is 5.86. The number of carbonyl (C=O) groups excluding carboxylic acids is 1. The van der Waals surface area contributed by atoms with Crippen LogP contribution in [0.5, 0.6) is 5.88 Å². The Labute approximate surface area is 182 Å². The van der Waals surface area contributed by atoms with Gasteiger partial charge in [-0.1, -0.05) is 0 Å². The zero-order valence-corrected chi connectivity index (χ0v) is 17.8. The first kappa shape index (κ1) is 23.5. The summed E-state index contributed by atoms with van der Waals surface area (Å²) in [5, 5.41) is 8.09. The number of fused-ring (bicyclic) bond motifs is 1. The van der Waals surface area contributed by atoms with Gasteiger partial charge >= 0.3 is 6.18 Å². The van der Waals surface area contributed by atoms with Gasteiger partial charge in [-0.15, -0.1) is 0 Å². The minimum atomic E-state index is -4.42. The van der Waals surface area contributed by atoms with E-state index in [0.29, 0.717) is 36.5 Å². The van der Waals surface area contributed by atoms with Crippen LogP contribution in [0, 0.1) is 6.92 Å². The Morgan fingerprint density at radius 3 is 2.81 bits per heavy atom. The molecule has 3 aromatic rings. The fourth-order valence-corrected chi connectivity index (χ4v) is 3.13. The molecule has 0 fully saturated rings. The summed E-state index contributed by atoms with van der Waals surface area (Å²) in [7, 11) is 1.61. The summed E-state index contributed by atoms with van der Waals surface area (Å²) in [6.07, 6.45) is 1.28. The van der Waals surface area contributed by atoms with Gasteiger partial charge in [0.2, 0.25) is 11.8 Å². The minimum Gasteiger partial charge on any atom is -0.468 e. The van der Waals surface area contributed by atoms with Gasteiger partial charge in [-0.3, -0.25) is 14.5 Å². The average molecular weight is 451 g/mol. The van der Waals surface area contributed by atoms with Gasteiger partial charge in [0, 0.05) is 49.8 Å². The van der Waals surface area contributed by atoms with Crippen molar-refractivity contribution in [2.45, 2.75) is 32.5 Å². The molecule has 8 nitrogen and oxygen atoms in total. The first-order valence-corrected chi connectivity index (χ1v) is 9.97. The molecule has 0 spiro atoms. The Balaban J connectivity index is 1.68. The van der Waals surface area contributed by atoms with E-state index in [9.17, 15) is 18.0 Å². The van der Waals surface area contributed by atoms with Crippen molar-refractivity contribution in [1.29, 1.82) is 0 Å². The van der Waals surface area contributed by atoms with Gasteiger partial charge in [-0.2, -0.15) is 18.3 Å². The standard InChI is InChI=1S/C21H24F3N5O3/c1-14-8-15(10-27-20(14)32-13-21(22,23)24)11-29-12-16-17(28-29)4-6-25-18(16)9-19(30)26-5-3-7-31-2/h4,6,8,10,12H,3,5,7,9,11,13H2,1-2H3,(H,26,30). The molecule has 0 aromatic carbocycles. The first-order chi connectivity index (χ1) is 15.2. The van der Waals surface area contributed by atoms with E-state index in [2.05, 4.69) is 20.4 Å². The first-order valence-electron chi connectivity index (χ1n) is 9.97. The predicted molar refractivity (Wildman–Crippen MR) is 110 cm³/mol. The van der Waals surface area contributed by atoms with Gasteiger partial charge < -0.3 is 14.8 Å². The molecule has 1 N–H and O–H groups in total. The van der Waals surface area contributed by atoms with Gasteiger partial charge in [-0.05, 0) is 31.0 Å². The lowest BCUT2D eigenvalue weighted by Gasteiger charge is -2.11. The molecule has 11 heteroatoms. The third kappa shape index (κ3) is 6.64. The molecule has 0 aliphatic rings. The van der Waals surface area contributed by atoms with E-state index in [-0.39, 0.29) is 18.2 Å². The molecule has 0 bridgehead atoms. The molecular formula is C21H24F3N5O3. The molecule has 3 aromatic heterocycles. The molecule has 1 amide bonds. The molecule has 32 heavy (non-hydrogen) atoms. The molecule has 0 unspecified atom stereocenters. The zero-order chi connectivity index (χ0) is 23.1. The Hall–Kier alpha value is -3.21. The van der Waals surface area contributed by atoms with Crippen LogP contribution in [0.3, 0.4) is 0 Å². The number of rotatable bonds is 10. The van der Waals surface area contributed by atoms with Crippen molar-refractivity contribution in [3.8, 4) is 5.88 Å². The maximum absolute atomic E-state index is 12.3. The van der Waals surface area contributed by atoms with Crippen molar-refractivity contribution in [1.82, 2.24) is 25.1 Å². The van der Waals surface area contributed by atoms with Crippen molar-refractivity contribution >= 4 is 16.8 Å². The molecule has 0 atom stereocenters. The zero-order valence-electron chi connectivity index (χ0n) is 17.8. The number of halogens is 3. The lowest BCUT2D eigenvalue weighted by Crippen LogP contribution is -2.27. The van der Waals surface area contributed by atoms with Crippen LogP contribution in [-0.4, -0.2) is 58.7 Å². The largest absolute Gasteiger partial charge is 0.468 e. The summed E-state index contributed by atoms with van der Waals surface area (Å²) in [6, 6.07) is 3.46. The van der Waals surface area contributed by atoms with Crippen LogP contribution in [0.1, 0.15) is 23.2 Å². The molecule has 0 aliphatic carbocycles. The van der Waals surface area contributed by atoms with Crippen LogP contribution in [0.4, 0.5) is 13.2 Å². The Kier molecular flexibility index (Phi) is 7.62. The SMILES string of the molecule is COCCCNC(=O)Cc1nccc2nn(Cc3cnc(OCC(F)(F)F)c(C)c3)cc12. The van der Waals surface area contributed by atoms with Crippen LogP contribution >= 0.6 is 0 Å². The van der Waals surface area contributed by atoms with Gasteiger partial charge in [0.1, 0.15) is 0 Å². The summed E-state index contributed by atoms with van der Waals surface area (Å²) < 4.78 is 48.4. The third-order valence-electron chi connectivity index (χ3n) is 4.54. The second kappa shape index (κ2) is 10.4. The normalized spacial score (nSPS) is 11.7. The number of pyridine rings is 2. The number of aryl methyl sites for hydroxylation is 1. The number of nitrogens with zero attached hydrogens (tertiary/aromatic N) is 4. The van der Waals surface area contributed by atoms with Crippen LogP contribution < -0.4 is 10.1 Å². The summed E-state index contributed by atoms with van der Waals surface area (Å²) in [6.45, 7) is 1.70. The molecule has 3 rings (SSSR count). The Bertz CT molecular complexity index is 1070. The van der Waals surface area contributed by atoms with E-state index in [1.54, 1.807) is 43.2 Å². The number of nitrogens with one attached hydrogen (secondary N) is 1. The van der Waals surface area contributed by atoms with Gasteiger partial charge in [0.25, 0.3) is 0 Å². The highest BCUT2D eigenvalue weighted by Gasteiger charge is 2.29. The highest BCUT2D eigenvalue weighted by Crippen LogP contribution is 2.21. The summed E-state index contributed by atoms with van der Waals surface area (Å²) >= 11 is 0. The van der Waals surface area contributed by atoms with Gasteiger partial charge in [0.05, 0.1) is 24.2 Å². The van der Waals surface area contributed by atoms with E-state index >= 15 is 0 Å². The molecule has 0 radical (unpaired) electrons. The smallest absolute Gasteiger partial charge is 0.422 e. The second-order valence-electron chi connectivity index (χ2n) is 7.26. The van der Waals surface area contributed by atoms with Crippen LogP contribution in [0.25, 0.3) is 10.9 Å². The summed E-state index contributed by atoms with van der Waals surface area (Å²) in [4.78, 5) is 20.5. The third-order valence-corrected chi connectivity index (χ3v) is 4.54. The number of alkyl halides is 3. The van der Waals surface area contributed by atoms with Crippen molar-refractivity contribution in [3.63, 3.8) is 0 Å². The lowest BCUT2D eigenvalue weighted by atomic mass is 10.2. The topological polar surface area (TPSA) is 91.2 Å². The molecule has 172 valence electrons. The average Bonchev–Trinajstić information content (AvgIpc) is 3.13. The van der Waals surface area contributed by atoms with Gasteiger partial charge in [0.15, 0.2) is 6.61 Å². The van der Waals surface area contributed by atoms with Crippen molar-refractivity contribution < 1.29 is 27.4 Å². The van der Waals surface area contributed by atoms with Gasteiger partial charge in [-0.25, -0.2) is 4.98 Å². The number of aromatic nitrogens is 4. The Morgan fingerprint density at radius 1 is 1.28 bits per heavy atom. The van der Waals surface area contributed by atoms with E-state index in [1.807, 2.05) is 0 Å².